The summed E-state index contributed by atoms with van der Waals surface area (Å²) in [5.41, 5.74) is 0.172. The predicted octanol–water partition coefficient (Wildman–Crippen LogP) is 3.37. The summed E-state index contributed by atoms with van der Waals surface area (Å²) >= 11 is 0. The van der Waals surface area contributed by atoms with Crippen LogP contribution < -0.4 is 20.1 Å². The molecule has 25 heavy (non-hydrogen) atoms. The molecule has 0 aliphatic heterocycles. The zero-order valence-corrected chi connectivity index (χ0v) is 15.9. The molecule has 1 aromatic rings. The van der Waals surface area contributed by atoms with Gasteiger partial charge in [-0.25, -0.2) is 0 Å². The Bertz CT molecular complexity index is 579. The minimum Gasteiger partial charge on any atom is -0.494 e. The molecule has 0 saturated carbocycles. The van der Waals surface area contributed by atoms with Crippen LogP contribution in [0.25, 0.3) is 0 Å². The van der Waals surface area contributed by atoms with E-state index in [9.17, 15) is 9.59 Å². The summed E-state index contributed by atoms with van der Waals surface area (Å²) in [7, 11) is 0. The molecule has 0 aliphatic carbocycles. The first-order valence-electron chi connectivity index (χ1n) is 8.75. The molecular weight excluding hydrogens is 320 g/mol. The van der Waals surface area contributed by atoms with Crippen molar-refractivity contribution in [2.24, 2.45) is 5.41 Å². The van der Waals surface area contributed by atoms with E-state index >= 15 is 0 Å². The first-order chi connectivity index (χ1) is 11.8. The third-order valence-electron chi connectivity index (χ3n) is 3.38. The van der Waals surface area contributed by atoms with Crippen molar-refractivity contribution in [3.05, 3.63) is 18.2 Å². The molecule has 6 heteroatoms. The lowest BCUT2D eigenvalue weighted by Crippen LogP contribution is -2.35. The second kappa shape index (κ2) is 9.91. The highest BCUT2D eigenvalue weighted by molar-refractivity contribution is 5.92. The molecule has 0 atom stereocenters. The van der Waals surface area contributed by atoms with Crippen molar-refractivity contribution in [2.75, 3.05) is 25.1 Å². The third kappa shape index (κ3) is 7.45. The Labute approximate surface area is 150 Å². The van der Waals surface area contributed by atoms with Crippen LogP contribution in [0.15, 0.2) is 18.2 Å². The van der Waals surface area contributed by atoms with Gasteiger partial charge >= 0.3 is 0 Å². The van der Waals surface area contributed by atoms with Gasteiger partial charge in [0.1, 0.15) is 11.5 Å². The molecule has 0 spiro atoms. The summed E-state index contributed by atoms with van der Waals surface area (Å²) in [6.07, 6.45) is 0.887. The summed E-state index contributed by atoms with van der Waals surface area (Å²) < 4.78 is 11.0. The third-order valence-corrected chi connectivity index (χ3v) is 3.38. The van der Waals surface area contributed by atoms with Gasteiger partial charge in [0, 0.05) is 24.4 Å². The van der Waals surface area contributed by atoms with Crippen LogP contribution in [-0.4, -0.2) is 31.6 Å². The predicted molar refractivity (Wildman–Crippen MR) is 99.1 cm³/mol. The maximum atomic E-state index is 12.2. The molecule has 140 valence electrons. The van der Waals surface area contributed by atoms with Crippen molar-refractivity contribution < 1.29 is 19.1 Å². The first-order valence-corrected chi connectivity index (χ1v) is 8.75. The van der Waals surface area contributed by atoms with Gasteiger partial charge in [0.05, 0.1) is 18.9 Å². The Morgan fingerprint density at radius 3 is 2.36 bits per heavy atom. The molecule has 0 bridgehead atoms. The number of rotatable bonds is 9. The van der Waals surface area contributed by atoms with Gasteiger partial charge in [-0.2, -0.15) is 0 Å². The van der Waals surface area contributed by atoms with E-state index in [2.05, 4.69) is 10.6 Å². The minimum absolute atomic E-state index is 0.0176. The van der Waals surface area contributed by atoms with Crippen LogP contribution in [0.5, 0.6) is 11.5 Å². The SMILES string of the molecule is CCOc1ccc(OCC)c(NC(=O)CCCNC(=O)C(C)(C)C)c1. The number of hydrogen-bond acceptors (Lipinski definition) is 4. The summed E-state index contributed by atoms with van der Waals surface area (Å²) in [6.45, 7) is 10.9. The smallest absolute Gasteiger partial charge is 0.225 e. The van der Waals surface area contributed by atoms with Crippen LogP contribution in [0.1, 0.15) is 47.5 Å². The van der Waals surface area contributed by atoms with E-state index in [1.165, 1.54) is 0 Å². The van der Waals surface area contributed by atoms with Crippen molar-refractivity contribution in [1.29, 1.82) is 0 Å². The van der Waals surface area contributed by atoms with E-state index in [1.807, 2.05) is 40.7 Å². The number of carbonyl (C=O) groups excluding carboxylic acids is 2. The maximum absolute atomic E-state index is 12.2. The van der Waals surface area contributed by atoms with E-state index in [0.717, 1.165) is 0 Å². The molecule has 0 radical (unpaired) electrons. The lowest BCUT2D eigenvalue weighted by Gasteiger charge is -2.17. The number of carbonyl (C=O) groups is 2. The Morgan fingerprint density at radius 1 is 1.08 bits per heavy atom. The number of hydrogen-bond donors (Lipinski definition) is 2. The quantitative estimate of drug-likeness (QED) is 0.670. The maximum Gasteiger partial charge on any atom is 0.225 e. The lowest BCUT2D eigenvalue weighted by molar-refractivity contribution is -0.128. The number of benzene rings is 1. The van der Waals surface area contributed by atoms with Crippen LogP contribution in [-0.2, 0) is 9.59 Å². The highest BCUT2D eigenvalue weighted by Gasteiger charge is 2.20. The lowest BCUT2D eigenvalue weighted by atomic mass is 9.96. The average Bonchev–Trinajstić information content (AvgIpc) is 2.53. The van der Waals surface area contributed by atoms with Crippen molar-refractivity contribution in [3.63, 3.8) is 0 Å². The van der Waals surface area contributed by atoms with Crippen LogP contribution in [0, 0.1) is 5.41 Å². The molecule has 0 heterocycles. The summed E-state index contributed by atoms with van der Waals surface area (Å²) in [5, 5.41) is 5.69. The van der Waals surface area contributed by atoms with Gasteiger partial charge in [-0.15, -0.1) is 0 Å². The zero-order valence-electron chi connectivity index (χ0n) is 15.9. The normalized spacial score (nSPS) is 10.9. The second-order valence-corrected chi connectivity index (χ2v) is 6.68. The number of anilines is 1. The van der Waals surface area contributed by atoms with Gasteiger partial charge in [0.15, 0.2) is 0 Å². The fourth-order valence-electron chi connectivity index (χ4n) is 2.07. The van der Waals surface area contributed by atoms with E-state index in [0.29, 0.717) is 49.8 Å². The molecular formula is C19H30N2O4. The molecule has 0 unspecified atom stereocenters. The largest absolute Gasteiger partial charge is 0.494 e. The average molecular weight is 350 g/mol. The molecule has 6 nitrogen and oxygen atoms in total. The molecule has 1 rings (SSSR count). The van der Waals surface area contributed by atoms with Gasteiger partial charge in [0.2, 0.25) is 11.8 Å². The van der Waals surface area contributed by atoms with Crippen LogP contribution >= 0.6 is 0 Å². The fourth-order valence-corrected chi connectivity index (χ4v) is 2.07. The number of ether oxygens (including phenoxy) is 2. The Hall–Kier alpha value is -2.24. The molecule has 2 amide bonds. The Morgan fingerprint density at radius 2 is 1.76 bits per heavy atom. The van der Waals surface area contributed by atoms with Crippen molar-refractivity contribution >= 4 is 17.5 Å². The van der Waals surface area contributed by atoms with Crippen LogP contribution in [0.4, 0.5) is 5.69 Å². The van der Waals surface area contributed by atoms with E-state index in [1.54, 1.807) is 12.1 Å². The molecule has 0 aromatic heterocycles. The molecule has 2 N–H and O–H groups in total. The van der Waals surface area contributed by atoms with Gasteiger partial charge in [0.25, 0.3) is 0 Å². The Balaban J connectivity index is 2.55. The standard InChI is InChI=1S/C19H30N2O4/c1-6-24-14-10-11-16(25-7-2)15(13-14)21-17(22)9-8-12-20-18(23)19(3,4)5/h10-11,13H,6-9,12H2,1-5H3,(H,20,23)(H,21,22). The monoisotopic (exact) mass is 350 g/mol. The molecule has 0 saturated heterocycles. The topological polar surface area (TPSA) is 76.7 Å². The van der Waals surface area contributed by atoms with E-state index in [4.69, 9.17) is 9.47 Å². The van der Waals surface area contributed by atoms with Gasteiger partial charge < -0.3 is 20.1 Å². The zero-order chi connectivity index (χ0) is 18.9. The summed E-state index contributed by atoms with van der Waals surface area (Å²) in [5.74, 6) is 1.15. The highest BCUT2D eigenvalue weighted by atomic mass is 16.5. The minimum atomic E-state index is -0.422. The number of amides is 2. The van der Waals surface area contributed by atoms with Crippen molar-refractivity contribution in [3.8, 4) is 11.5 Å². The van der Waals surface area contributed by atoms with Crippen LogP contribution in [0.2, 0.25) is 0 Å². The van der Waals surface area contributed by atoms with Crippen molar-refractivity contribution in [2.45, 2.75) is 47.5 Å². The first kappa shape index (κ1) is 20.8. The van der Waals surface area contributed by atoms with Gasteiger partial charge in [-0.05, 0) is 32.4 Å². The van der Waals surface area contributed by atoms with E-state index < -0.39 is 5.41 Å². The fraction of sp³-hybridized carbons (Fsp3) is 0.579. The molecule has 1 aromatic carbocycles. The molecule has 0 aliphatic rings. The molecule has 0 fully saturated rings. The van der Waals surface area contributed by atoms with E-state index in [-0.39, 0.29) is 11.8 Å². The van der Waals surface area contributed by atoms with Crippen LogP contribution in [0.3, 0.4) is 0 Å². The Kier molecular flexibility index (Phi) is 8.25. The van der Waals surface area contributed by atoms with Gasteiger partial charge in [-0.3, -0.25) is 9.59 Å². The summed E-state index contributed by atoms with van der Waals surface area (Å²) in [4.78, 5) is 23.9. The number of nitrogens with one attached hydrogen (secondary N) is 2. The summed E-state index contributed by atoms with van der Waals surface area (Å²) in [6, 6.07) is 5.35. The highest BCUT2D eigenvalue weighted by Crippen LogP contribution is 2.29. The van der Waals surface area contributed by atoms with Crippen molar-refractivity contribution in [1.82, 2.24) is 5.32 Å². The van der Waals surface area contributed by atoms with Gasteiger partial charge in [-0.1, -0.05) is 20.8 Å². The second-order valence-electron chi connectivity index (χ2n) is 6.68.